The van der Waals surface area contributed by atoms with E-state index in [2.05, 4.69) is 6.58 Å². The Morgan fingerprint density at radius 2 is 2.04 bits per heavy atom. The number of benzene rings is 1. The maximum absolute atomic E-state index is 12.5. The van der Waals surface area contributed by atoms with Crippen molar-refractivity contribution in [2.24, 2.45) is 11.8 Å². The molecule has 0 radical (unpaired) electrons. The average molecular weight is 361 g/mol. The van der Waals surface area contributed by atoms with Crippen molar-refractivity contribution >= 4 is 29.3 Å². The lowest BCUT2D eigenvalue weighted by molar-refractivity contribution is -0.191. The number of amides is 1. The first-order chi connectivity index (χ1) is 11.9. The second-order valence-electron chi connectivity index (χ2n) is 6.17. The highest BCUT2D eigenvalue weighted by Gasteiger charge is 2.55. The molecule has 0 spiro atoms. The second-order valence-corrected chi connectivity index (χ2v) is 6.61. The normalized spacial score (nSPS) is 23.3. The Morgan fingerprint density at radius 1 is 1.40 bits per heavy atom. The fraction of sp³-hybridized carbons (Fsp3) is 0.421. The molecule has 1 aliphatic rings. The summed E-state index contributed by atoms with van der Waals surface area (Å²) in [4.78, 5) is 26.0. The van der Waals surface area contributed by atoms with Crippen LogP contribution in [0.1, 0.15) is 19.4 Å². The fourth-order valence-electron chi connectivity index (χ4n) is 3.27. The number of hydrogen-bond donors (Lipinski definition) is 1. The third-order valence-corrected chi connectivity index (χ3v) is 5.12. The van der Waals surface area contributed by atoms with Crippen LogP contribution in [0.5, 0.6) is 0 Å². The minimum Gasteiger partial charge on any atom is -0.393 e. The van der Waals surface area contributed by atoms with Crippen molar-refractivity contribution < 1.29 is 19.4 Å². The smallest absolute Gasteiger partial charge is 0.233 e. The van der Waals surface area contributed by atoms with E-state index in [0.29, 0.717) is 11.2 Å². The number of aldehydes is 1. The van der Waals surface area contributed by atoms with Gasteiger partial charge in [-0.25, -0.2) is 0 Å². The minimum absolute atomic E-state index is 0.150. The third kappa shape index (κ3) is 3.86. The van der Waals surface area contributed by atoms with Crippen molar-refractivity contribution in [3.8, 4) is 0 Å². The maximum atomic E-state index is 12.5. The van der Waals surface area contributed by atoms with Crippen LogP contribution in [0.2, 0.25) is 0 Å². The van der Waals surface area contributed by atoms with E-state index in [0.717, 1.165) is 5.56 Å². The van der Waals surface area contributed by atoms with Crippen molar-refractivity contribution in [1.82, 2.24) is 4.90 Å². The molecule has 1 heterocycles. The zero-order valence-electron chi connectivity index (χ0n) is 14.4. The summed E-state index contributed by atoms with van der Waals surface area (Å²) in [6.07, 6.45) is 0.262. The number of nitrogens with zero attached hydrogens (tertiary/aromatic N) is 1. The lowest BCUT2D eigenvalue weighted by Gasteiger charge is -2.52. The molecule has 0 saturated carbocycles. The van der Waals surface area contributed by atoms with Crippen LogP contribution in [0.4, 0.5) is 0 Å². The number of thiocarbonyl (C=S) groups is 1. The third-order valence-electron chi connectivity index (χ3n) is 4.51. The molecular weight excluding hydrogens is 338 g/mol. The second kappa shape index (κ2) is 8.47. The van der Waals surface area contributed by atoms with Crippen molar-refractivity contribution in [1.29, 1.82) is 0 Å². The van der Waals surface area contributed by atoms with Crippen LogP contribution in [-0.2, 0) is 14.3 Å². The van der Waals surface area contributed by atoms with Crippen molar-refractivity contribution in [3.63, 3.8) is 0 Å². The SMILES string of the molecule is C=CCOC(C=O)N1C(=O)[C@H]([C@@H](C)O)[C@H]1[C@@H](C)C(=S)c1ccccc1. The Hall–Kier alpha value is -1.89. The number of hydrogen-bond acceptors (Lipinski definition) is 5. The van der Waals surface area contributed by atoms with Crippen molar-refractivity contribution in [2.45, 2.75) is 32.2 Å². The molecule has 1 amide bonds. The number of likely N-dealkylation sites (tertiary alicyclic amines) is 1. The number of carbonyl (C=O) groups is 2. The molecule has 5 nitrogen and oxygen atoms in total. The van der Waals surface area contributed by atoms with Gasteiger partial charge in [0.2, 0.25) is 5.91 Å². The van der Waals surface area contributed by atoms with Gasteiger partial charge in [0.15, 0.2) is 12.5 Å². The number of rotatable bonds is 9. The molecule has 1 saturated heterocycles. The Balaban J connectivity index is 2.28. The van der Waals surface area contributed by atoms with E-state index in [4.69, 9.17) is 17.0 Å². The highest BCUT2D eigenvalue weighted by molar-refractivity contribution is 7.80. The van der Waals surface area contributed by atoms with Gasteiger partial charge < -0.3 is 14.7 Å². The van der Waals surface area contributed by atoms with E-state index >= 15 is 0 Å². The van der Waals surface area contributed by atoms with Gasteiger partial charge in [-0.1, -0.05) is 55.5 Å². The number of ether oxygens (including phenoxy) is 1. The summed E-state index contributed by atoms with van der Waals surface area (Å²) in [5.74, 6) is -1.13. The van der Waals surface area contributed by atoms with Gasteiger partial charge in [-0.05, 0) is 12.5 Å². The molecule has 1 unspecified atom stereocenters. The van der Waals surface area contributed by atoms with E-state index in [1.807, 2.05) is 37.3 Å². The molecular formula is C19H23NO4S. The van der Waals surface area contributed by atoms with Crippen LogP contribution >= 0.6 is 12.2 Å². The molecule has 0 aromatic heterocycles. The molecule has 1 aliphatic heterocycles. The summed E-state index contributed by atoms with van der Waals surface area (Å²) < 4.78 is 5.40. The van der Waals surface area contributed by atoms with E-state index in [1.54, 1.807) is 6.92 Å². The molecule has 6 heteroatoms. The van der Waals surface area contributed by atoms with Gasteiger partial charge in [-0.15, -0.1) is 6.58 Å². The van der Waals surface area contributed by atoms with Gasteiger partial charge in [-0.2, -0.15) is 0 Å². The predicted octanol–water partition coefficient (Wildman–Crippen LogP) is 1.98. The van der Waals surface area contributed by atoms with Gasteiger partial charge in [0.05, 0.1) is 24.7 Å². The number of carbonyl (C=O) groups excluding carboxylic acids is 2. The van der Waals surface area contributed by atoms with E-state index in [9.17, 15) is 14.7 Å². The largest absolute Gasteiger partial charge is 0.393 e. The quantitative estimate of drug-likeness (QED) is 0.239. The lowest BCUT2D eigenvalue weighted by Crippen LogP contribution is -2.70. The minimum atomic E-state index is -1.01. The first kappa shape index (κ1) is 19.4. The standard InChI is InChI=1S/C19H23NO4S/c1-4-10-24-15(11-21)20-17(16(13(3)22)19(20)23)12(2)18(25)14-8-6-5-7-9-14/h4-9,11-13,15-17,22H,1,10H2,2-3H3/t12-,13-,15?,16-,17-/m1/s1. The van der Waals surface area contributed by atoms with Crippen molar-refractivity contribution in [2.75, 3.05) is 6.61 Å². The van der Waals surface area contributed by atoms with Gasteiger partial charge in [0, 0.05) is 10.8 Å². The van der Waals surface area contributed by atoms with Crippen LogP contribution in [-0.4, -0.2) is 52.0 Å². The molecule has 5 atom stereocenters. The van der Waals surface area contributed by atoms with Crippen LogP contribution in [0.3, 0.4) is 0 Å². The van der Waals surface area contributed by atoms with Gasteiger partial charge >= 0.3 is 0 Å². The predicted molar refractivity (Wildman–Crippen MR) is 99.1 cm³/mol. The van der Waals surface area contributed by atoms with E-state index in [1.165, 1.54) is 11.0 Å². The van der Waals surface area contributed by atoms with Crippen LogP contribution in [0, 0.1) is 11.8 Å². The molecule has 134 valence electrons. The maximum Gasteiger partial charge on any atom is 0.233 e. The molecule has 1 fully saturated rings. The summed E-state index contributed by atoms with van der Waals surface area (Å²) in [5.41, 5.74) is 0.892. The summed E-state index contributed by atoms with van der Waals surface area (Å²) in [5, 5.41) is 10.0. The number of aliphatic hydroxyl groups is 1. The van der Waals surface area contributed by atoms with Crippen LogP contribution in [0.25, 0.3) is 0 Å². The topological polar surface area (TPSA) is 66.8 Å². The molecule has 0 bridgehead atoms. The Bertz CT molecular complexity index is 646. The molecule has 2 rings (SSSR count). The zero-order valence-corrected chi connectivity index (χ0v) is 15.2. The highest BCUT2D eigenvalue weighted by Crippen LogP contribution is 2.38. The molecule has 1 aromatic carbocycles. The van der Waals surface area contributed by atoms with Crippen LogP contribution < -0.4 is 0 Å². The van der Waals surface area contributed by atoms with E-state index in [-0.39, 0.29) is 18.4 Å². The lowest BCUT2D eigenvalue weighted by atomic mass is 9.74. The van der Waals surface area contributed by atoms with Crippen LogP contribution in [0.15, 0.2) is 43.0 Å². The Labute approximate surface area is 153 Å². The zero-order chi connectivity index (χ0) is 18.6. The molecule has 1 aromatic rings. The van der Waals surface area contributed by atoms with Crippen molar-refractivity contribution in [3.05, 3.63) is 48.6 Å². The average Bonchev–Trinajstić information content (AvgIpc) is 2.61. The first-order valence-electron chi connectivity index (χ1n) is 8.21. The highest BCUT2D eigenvalue weighted by atomic mass is 32.1. The number of β-lactam (4-membered cyclic amide) rings is 1. The van der Waals surface area contributed by atoms with Gasteiger partial charge in [0.1, 0.15) is 0 Å². The first-order valence-corrected chi connectivity index (χ1v) is 8.62. The van der Waals surface area contributed by atoms with Gasteiger partial charge in [-0.3, -0.25) is 9.59 Å². The molecule has 1 N–H and O–H groups in total. The van der Waals surface area contributed by atoms with Gasteiger partial charge in [0.25, 0.3) is 0 Å². The summed E-state index contributed by atoms with van der Waals surface area (Å²) in [6.45, 7) is 7.18. The number of aliphatic hydroxyl groups excluding tert-OH is 1. The summed E-state index contributed by atoms with van der Waals surface area (Å²) in [7, 11) is 0. The summed E-state index contributed by atoms with van der Waals surface area (Å²) in [6, 6.07) is 9.11. The monoisotopic (exact) mass is 361 g/mol. The molecule has 25 heavy (non-hydrogen) atoms. The fourth-order valence-corrected chi connectivity index (χ4v) is 3.54. The Kier molecular flexibility index (Phi) is 6.58. The summed E-state index contributed by atoms with van der Waals surface area (Å²) >= 11 is 5.60. The molecule has 0 aliphatic carbocycles. The van der Waals surface area contributed by atoms with E-state index < -0.39 is 24.3 Å². The Morgan fingerprint density at radius 3 is 2.56 bits per heavy atom.